The van der Waals surface area contributed by atoms with E-state index in [2.05, 4.69) is 15.2 Å². The first-order chi connectivity index (χ1) is 16.7. The molecule has 0 bridgehead atoms. The van der Waals surface area contributed by atoms with Gasteiger partial charge >= 0.3 is 5.97 Å². The number of esters is 1. The second-order valence-electron chi connectivity index (χ2n) is 7.53. The molecule has 0 unspecified atom stereocenters. The fourth-order valence-corrected chi connectivity index (χ4v) is 3.55. The number of benzene rings is 2. The van der Waals surface area contributed by atoms with Crippen LogP contribution in [0.1, 0.15) is 18.3 Å². The van der Waals surface area contributed by atoms with Gasteiger partial charge in [0.15, 0.2) is 11.5 Å². The van der Waals surface area contributed by atoms with Gasteiger partial charge in [-0.1, -0.05) is 42.5 Å². The van der Waals surface area contributed by atoms with Crippen molar-refractivity contribution in [1.82, 2.24) is 24.8 Å². The molecule has 0 aliphatic heterocycles. The van der Waals surface area contributed by atoms with Gasteiger partial charge in [0.2, 0.25) is 0 Å². The summed E-state index contributed by atoms with van der Waals surface area (Å²) < 4.78 is 13.0. The van der Waals surface area contributed by atoms with Crippen LogP contribution in [0.2, 0.25) is 0 Å². The standard InChI is InChI=1S/C26H21N5O3/c1-2-6-26(32)34-16-18-9-10-20-22(15-18)27-14-13-23(20)33-17-25-29-28-24-12-11-21(30-31(24)25)19-7-4-3-5-8-19/h2-15H,16-17H2,1H3. The molecular weight excluding hydrogens is 430 g/mol. The number of ether oxygens (including phenoxy) is 2. The number of carbonyl (C=O) groups excluding carboxylic acids is 1. The van der Waals surface area contributed by atoms with Crippen molar-refractivity contribution in [2.24, 2.45) is 0 Å². The van der Waals surface area contributed by atoms with Crippen LogP contribution in [-0.2, 0) is 22.7 Å². The number of pyridine rings is 1. The Morgan fingerprint density at radius 3 is 2.74 bits per heavy atom. The van der Waals surface area contributed by atoms with Gasteiger partial charge in [-0.2, -0.15) is 9.61 Å². The Morgan fingerprint density at radius 2 is 1.88 bits per heavy atom. The number of fused-ring (bicyclic) bond motifs is 2. The van der Waals surface area contributed by atoms with E-state index in [9.17, 15) is 4.79 Å². The molecule has 3 heterocycles. The van der Waals surface area contributed by atoms with Crippen molar-refractivity contribution in [2.45, 2.75) is 20.1 Å². The van der Waals surface area contributed by atoms with Crippen LogP contribution in [0.3, 0.4) is 0 Å². The number of rotatable bonds is 7. The number of hydrogen-bond donors (Lipinski definition) is 0. The first-order valence-electron chi connectivity index (χ1n) is 10.8. The summed E-state index contributed by atoms with van der Waals surface area (Å²) in [6.45, 7) is 2.13. The highest BCUT2D eigenvalue weighted by molar-refractivity contribution is 5.85. The molecule has 5 rings (SSSR count). The Balaban J connectivity index is 1.36. The van der Waals surface area contributed by atoms with Crippen molar-refractivity contribution in [3.8, 4) is 17.0 Å². The van der Waals surface area contributed by atoms with Gasteiger partial charge in [0, 0.05) is 23.2 Å². The molecule has 0 fully saturated rings. The van der Waals surface area contributed by atoms with Crippen LogP contribution in [0.25, 0.3) is 27.8 Å². The molecule has 34 heavy (non-hydrogen) atoms. The van der Waals surface area contributed by atoms with Crippen molar-refractivity contribution in [3.05, 3.63) is 96.5 Å². The monoisotopic (exact) mass is 451 g/mol. The van der Waals surface area contributed by atoms with Gasteiger partial charge in [0.05, 0.1) is 11.2 Å². The lowest BCUT2D eigenvalue weighted by molar-refractivity contribution is -0.139. The van der Waals surface area contributed by atoms with E-state index in [0.29, 0.717) is 17.2 Å². The summed E-state index contributed by atoms with van der Waals surface area (Å²) in [6, 6.07) is 21.2. The second kappa shape index (κ2) is 9.50. The molecule has 0 atom stereocenters. The molecule has 0 radical (unpaired) electrons. The van der Waals surface area contributed by atoms with E-state index < -0.39 is 0 Å². The third-order valence-corrected chi connectivity index (χ3v) is 5.20. The molecule has 0 amide bonds. The molecule has 2 aromatic carbocycles. The molecule has 3 aromatic heterocycles. The summed E-state index contributed by atoms with van der Waals surface area (Å²) in [5.41, 5.74) is 4.07. The third kappa shape index (κ3) is 4.47. The minimum Gasteiger partial charge on any atom is -0.485 e. The summed E-state index contributed by atoms with van der Waals surface area (Å²) in [7, 11) is 0. The van der Waals surface area contributed by atoms with Crippen LogP contribution in [-0.4, -0.2) is 30.8 Å². The van der Waals surface area contributed by atoms with Crippen LogP contribution in [0.15, 0.2) is 85.1 Å². The van der Waals surface area contributed by atoms with E-state index >= 15 is 0 Å². The maximum atomic E-state index is 11.6. The molecule has 8 heteroatoms. The summed E-state index contributed by atoms with van der Waals surface area (Å²) >= 11 is 0. The normalized spacial score (nSPS) is 11.3. The molecule has 5 aromatic rings. The minimum atomic E-state index is -0.378. The van der Waals surface area contributed by atoms with Crippen LogP contribution in [0.5, 0.6) is 5.75 Å². The Labute approximate surface area is 195 Å². The molecule has 8 nitrogen and oxygen atoms in total. The molecule has 0 spiro atoms. The van der Waals surface area contributed by atoms with Gasteiger partial charge in [0.1, 0.15) is 19.0 Å². The van der Waals surface area contributed by atoms with Crippen molar-refractivity contribution < 1.29 is 14.3 Å². The van der Waals surface area contributed by atoms with Gasteiger partial charge in [0.25, 0.3) is 0 Å². The molecule has 0 saturated carbocycles. The summed E-state index contributed by atoms with van der Waals surface area (Å²) in [6.07, 6.45) is 4.71. The third-order valence-electron chi connectivity index (χ3n) is 5.20. The van der Waals surface area contributed by atoms with Crippen LogP contribution < -0.4 is 4.74 Å². The van der Waals surface area contributed by atoms with Gasteiger partial charge in [-0.25, -0.2) is 4.79 Å². The van der Waals surface area contributed by atoms with Gasteiger partial charge in [-0.3, -0.25) is 4.98 Å². The Kier molecular flexibility index (Phi) is 5.94. The van der Waals surface area contributed by atoms with E-state index in [1.54, 1.807) is 29.8 Å². The quantitative estimate of drug-likeness (QED) is 0.265. The van der Waals surface area contributed by atoms with Crippen molar-refractivity contribution in [3.63, 3.8) is 0 Å². The van der Waals surface area contributed by atoms with E-state index in [1.165, 1.54) is 6.08 Å². The summed E-state index contributed by atoms with van der Waals surface area (Å²) in [5.74, 6) is 0.876. The van der Waals surface area contributed by atoms with Crippen LogP contribution >= 0.6 is 0 Å². The van der Waals surface area contributed by atoms with E-state index in [4.69, 9.17) is 14.6 Å². The first-order valence-corrected chi connectivity index (χ1v) is 10.8. The van der Waals surface area contributed by atoms with Crippen molar-refractivity contribution in [2.75, 3.05) is 0 Å². The van der Waals surface area contributed by atoms with Crippen molar-refractivity contribution in [1.29, 1.82) is 0 Å². The highest BCUT2D eigenvalue weighted by Gasteiger charge is 2.11. The number of allylic oxidation sites excluding steroid dienone is 1. The largest absolute Gasteiger partial charge is 0.485 e. The molecular formula is C26H21N5O3. The van der Waals surface area contributed by atoms with E-state index in [1.807, 2.05) is 60.7 Å². The number of nitrogens with zero attached hydrogens (tertiary/aromatic N) is 5. The highest BCUT2D eigenvalue weighted by Crippen LogP contribution is 2.26. The Morgan fingerprint density at radius 1 is 1.00 bits per heavy atom. The zero-order chi connectivity index (χ0) is 23.3. The zero-order valence-corrected chi connectivity index (χ0v) is 18.5. The van der Waals surface area contributed by atoms with Crippen LogP contribution in [0, 0.1) is 0 Å². The zero-order valence-electron chi connectivity index (χ0n) is 18.5. The fourth-order valence-electron chi connectivity index (χ4n) is 3.55. The van der Waals surface area contributed by atoms with Gasteiger partial charge in [-0.05, 0) is 42.8 Å². The fraction of sp³-hybridized carbons (Fsp3) is 0.115. The Bertz CT molecular complexity index is 1490. The van der Waals surface area contributed by atoms with E-state index in [0.717, 1.165) is 27.7 Å². The number of aromatic nitrogens is 5. The molecule has 0 aliphatic rings. The van der Waals surface area contributed by atoms with Crippen molar-refractivity contribution >= 4 is 22.5 Å². The molecule has 168 valence electrons. The minimum absolute atomic E-state index is 0.174. The average Bonchev–Trinajstić information content (AvgIpc) is 3.29. The Hall–Kier alpha value is -4.59. The summed E-state index contributed by atoms with van der Waals surface area (Å²) in [5, 5.41) is 14.0. The predicted molar refractivity (Wildman–Crippen MR) is 127 cm³/mol. The second-order valence-corrected chi connectivity index (χ2v) is 7.53. The average molecular weight is 451 g/mol. The van der Waals surface area contributed by atoms with Gasteiger partial charge < -0.3 is 9.47 Å². The lowest BCUT2D eigenvalue weighted by Gasteiger charge is -2.10. The molecule has 0 saturated heterocycles. The van der Waals surface area contributed by atoms with E-state index in [-0.39, 0.29) is 19.2 Å². The first kappa shape index (κ1) is 21.3. The molecule has 0 aliphatic carbocycles. The highest BCUT2D eigenvalue weighted by atomic mass is 16.5. The number of hydrogen-bond acceptors (Lipinski definition) is 7. The molecule has 0 N–H and O–H groups in total. The summed E-state index contributed by atoms with van der Waals surface area (Å²) in [4.78, 5) is 16.0. The van der Waals surface area contributed by atoms with Crippen LogP contribution in [0.4, 0.5) is 0 Å². The van der Waals surface area contributed by atoms with Gasteiger partial charge in [-0.15, -0.1) is 10.2 Å². The topological polar surface area (TPSA) is 91.5 Å². The maximum absolute atomic E-state index is 11.6. The lowest BCUT2D eigenvalue weighted by atomic mass is 10.1. The SMILES string of the molecule is CC=CC(=O)OCc1ccc2c(OCc3nnc4ccc(-c5ccccc5)nn34)ccnc2c1. The predicted octanol–water partition coefficient (Wildman–Crippen LogP) is 4.54. The number of carbonyl (C=O) groups is 1. The smallest absolute Gasteiger partial charge is 0.330 e. The lowest BCUT2D eigenvalue weighted by Crippen LogP contribution is -2.05. The maximum Gasteiger partial charge on any atom is 0.330 e.